The summed E-state index contributed by atoms with van der Waals surface area (Å²) in [5, 5.41) is 15.0. The number of aryl methyl sites for hydroxylation is 2. The number of benzene rings is 2. The van der Waals surface area contributed by atoms with Gasteiger partial charge in [0.25, 0.3) is 0 Å². The molecule has 0 fully saturated rings. The molecule has 0 aliphatic rings. The van der Waals surface area contributed by atoms with E-state index in [9.17, 15) is 13.2 Å². The molecule has 2 aromatic carbocycles. The van der Waals surface area contributed by atoms with Gasteiger partial charge < -0.3 is 4.57 Å². The first-order valence-electron chi connectivity index (χ1n) is 13.7. The van der Waals surface area contributed by atoms with Crippen LogP contribution in [0.5, 0.6) is 0 Å². The van der Waals surface area contributed by atoms with Crippen LogP contribution in [-0.2, 0) is 34.2 Å². The molecule has 0 saturated carbocycles. The average molecular weight is 596 g/mol. The smallest absolute Gasteiger partial charge is 0.237 e. The lowest BCUT2D eigenvalue weighted by atomic mass is 9.98. The van der Waals surface area contributed by atoms with Gasteiger partial charge in [0.05, 0.1) is 23.7 Å². The van der Waals surface area contributed by atoms with Crippen LogP contribution < -0.4 is 4.72 Å². The average Bonchev–Trinajstić information content (AvgIpc) is 3.59. The van der Waals surface area contributed by atoms with Crippen LogP contribution in [0.1, 0.15) is 62.8 Å². The van der Waals surface area contributed by atoms with Gasteiger partial charge in [0.2, 0.25) is 21.8 Å². The third-order valence-electron chi connectivity index (χ3n) is 6.50. The Morgan fingerprint density at radius 2 is 1.88 bits per heavy atom. The third-order valence-corrected chi connectivity index (χ3v) is 8.33. The third kappa shape index (κ3) is 7.47. The number of carbonyl (C=O) groups excluding carboxylic acids is 1. The molecule has 4 rings (SSSR count). The maximum atomic E-state index is 12.3. The highest BCUT2D eigenvalue weighted by Crippen LogP contribution is 2.33. The molecule has 0 atom stereocenters. The van der Waals surface area contributed by atoms with Crippen molar-refractivity contribution < 1.29 is 13.2 Å². The number of nitrogens with zero attached hydrogens (tertiary/aromatic N) is 5. The topological polar surface area (TPSA) is 136 Å². The number of halogens is 1. The lowest BCUT2D eigenvalue weighted by Crippen LogP contribution is -2.31. The quantitative estimate of drug-likeness (QED) is 0.217. The lowest BCUT2D eigenvalue weighted by Gasteiger charge is -2.14. The lowest BCUT2D eigenvalue weighted by molar-refractivity contribution is -0.118. The molecule has 41 heavy (non-hydrogen) atoms. The van der Waals surface area contributed by atoms with Crippen molar-refractivity contribution in [2.45, 2.75) is 59.4 Å². The molecule has 0 spiro atoms. The molecule has 0 aliphatic heterocycles. The molecule has 0 radical (unpaired) electrons. The molecule has 1 amide bonds. The van der Waals surface area contributed by atoms with Gasteiger partial charge in [-0.25, -0.2) is 13.4 Å². The SMILES string of the molecule is CCCc1nc(CC)c(/C=C/CC(=O)NS(=O)(=O)CCC)n1Cc1ccc(-c2ccccc2-c2nn[nH]n2)cc1Cl. The summed E-state index contributed by atoms with van der Waals surface area (Å²) in [7, 11) is -3.61. The Balaban J connectivity index is 1.62. The van der Waals surface area contributed by atoms with Crippen LogP contribution in [0.4, 0.5) is 0 Å². The van der Waals surface area contributed by atoms with Gasteiger partial charge in [-0.15, -0.1) is 10.2 Å². The molecule has 2 heterocycles. The number of aromatic amines is 1. The molecule has 2 aromatic heterocycles. The molecule has 2 N–H and O–H groups in total. The molecule has 12 heteroatoms. The van der Waals surface area contributed by atoms with Gasteiger partial charge in [-0.3, -0.25) is 9.52 Å². The fraction of sp³-hybridized carbons (Fsp3) is 0.345. The van der Waals surface area contributed by atoms with E-state index in [1.54, 1.807) is 13.0 Å². The van der Waals surface area contributed by atoms with E-state index in [1.807, 2.05) is 55.5 Å². The summed E-state index contributed by atoms with van der Waals surface area (Å²) in [6.07, 6.45) is 6.31. The van der Waals surface area contributed by atoms with Crippen molar-refractivity contribution in [3.63, 3.8) is 0 Å². The second-order valence-corrected chi connectivity index (χ2v) is 11.8. The minimum Gasteiger partial charge on any atom is -0.324 e. The van der Waals surface area contributed by atoms with Crippen LogP contribution in [-0.4, -0.2) is 50.3 Å². The van der Waals surface area contributed by atoms with E-state index >= 15 is 0 Å². The Morgan fingerprint density at radius 1 is 1.10 bits per heavy atom. The van der Waals surface area contributed by atoms with E-state index in [2.05, 4.69) is 36.8 Å². The maximum Gasteiger partial charge on any atom is 0.237 e. The van der Waals surface area contributed by atoms with Crippen LogP contribution >= 0.6 is 11.6 Å². The molecular weight excluding hydrogens is 562 g/mol. The standard InChI is InChI=1S/C29H34ClN7O3S/c1-4-10-27-31-25(6-3)26(13-9-14-28(38)34-41(39,40)17-5-2)37(27)19-21-16-15-20(18-24(21)30)22-11-7-8-12-23(22)29-32-35-36-33-29/h7-9,11-13,15-16,18H,4-6,10,14,17,19H2,1-3H3,(H,34,38)(H,32,33,35,36)/b13-9+. The fourth-order valence-corrected chi connectivity index (χ4v) is 5.95. The van der Waals surface area contributed by atoms with E-state index in [0.717, 1.165) is 52.3 Å². The van der Waals surface area contributed by atoms with Gasteiger partial charge in [-0.2, -0.15) is 5.21 Å². The van der Waals surface area contributed by atoms with Gasteiger partial charge in [0.1, 0.15) is 5.82 Å². The number of imidazole rings is 1. The van der Waals surface area contributed by atoms with E-state index in [-0.39, 0.29) is 12.2 Å². The Hall–Kier alpha value is -3.83. The number of tetrazole rings is 1. The van der Waals surface area contributed by atoms with Crippen LogP contribution in [0.2, 0.25) is 5.02 Å². The number of carbonyl (C=O) groups is 1. The fourth-order valence-electron chi connectivity index (χ4n) is 4.64. The molecule has 0 bridgehead atoms. The summed E-state index contributed by atoms with van der Waals surface area (Å²) < 4.78 is 28.1. The van der Waals surface area contributed by atoms with E-state index in [4.69, 9.17) is 16.6 Å². The van der Waals surface area contributed by atoms with Crippen molar-refractivity contribution >= 4 is 33.6 Å². The second kappa shape index (κ2) is 13.7. The number of nitrogens with one attached hydrogen (secondary N) is 2. The zero-order valence-electron chi connectivity index (χ0n) is 23.4. The van der Waals surface area contributed by atoms with E-state index in [0.29, 0.717) is 30.2 Å². The summed E-state index contributed by atoms with van der Waals surface area (Å²) in [6.45, 7) is 6.38. The van der Waals surface area contributed by atoms with Crippen molar-refractivity contribution in [1.29, 1.82) is 0 Å². The van der Waals surface area contributed by atoms with Gasteiger partial charge in [0.15, 0.2) is 0 Å². The first kappa shape index (κ1) is 30.1. The highest BCUT2D eigenvalue weighted by Gasteiger charge is 2.17. The number of sulfonamides is 1. The minimum absolute atomic E-state index is 0.0599. The van der Waals surface area contributed by atoms with Crippen LogP contribution in [0, 0.1) is 0 Å². The minimum atomic E-state index is -3.61. The monoisotopic (exact) mass is 595 g/mol. The van der Waals surface area contributed by atoms with Crippen LogP contribution in [0.3, 0.4) is 0 Å². The molecule has 10 nitrogen and oxygen atoms in total. The van der Waals surface area contributed by atoms with Crippen molar-refractivity contribution in [3.8, 4) is 22.5 Å². The van der Waals surface area contributed by atoms with Gasteiger partial charge in [-0.05, 0) is 53.3 Å². The first-order chi connectivity index (χ1) is 19.8. The molecular formula is C29H34ClN7O3S. The molecule has 4 aromatic rings. The predicted octanol–water partition coefficient (Wildman–Crippen LogP) is 5.21. The van der Waals surface area contributed by atoms with Crippen molar-refractivity contribution in [3.05, 3.63) is 76.3 Å². The van der Waals surface area contributed by atoms with Gasteiger partial charge in [0, 0.05) is 23.4 Å². The number of H-pyrrole nitrogens is 1. The summed E-state index contributed by atoms with van der Waals surface area (Å²) in [5.41, 5.74) is 5.41. The Bertz CT molecular complexity index is 1630. The summed E-state index contributed by atoms with van der Waals surface area (Å²) in [6, 6.07) is 13.8. The predicted molar refractivity (Wildman–Crippen MR) is 161 cm³/mol. The first-order valence-corrected chi connectivity index (χ1v) is 15.7. The second-order valence-electron chi connectivity index (χ2n) is 9.59. The number of aromatic nitrogens is 6. The number of rotatable bonds is 13. The number of hydrogen-bond donors (Lipinski definition) is 2. The summed E-state index contributed by atoms with van der Waals surface area (Å²) in [5.74, 6) is 0.787. The van der Waals surface area contributed by atoms with Crippen molar-refractivity contribution in [2.24, 2.45) is 0 Å². The highest BCUT2D eigenvalue weighted by atomic mass is 35.5. The van der Waals surface area contributed by atoms with E-state index in [1.165, 1.54) is 0 Å². The summed E-state index contributed by atoms with van der Waals surface area (Å²) in [4.78, 5) is 17.1. The summed E-state index contributed by atoms with van der Waals surface area (Å²) >= 11 is 6.85. The zero-order chi connectivity index (χ0) is 29.4. The zero-order valence-corrected chi connectivity index (χ0v) is 25.0. The van der Waals surface area contributed by atoms with Crippen molar-refractivity contribution in [2.75, 3.05) is 5.75 Å². The molecule has 0 aliphatic carbocycles. The highest BCUT2D eigenvalue weighted by molar-refractivity contribution is 7.90. The van der Waals surface area contributed by atoms with Crippen molar-refractivity contribution in [1.82, 2.24) is 34.9 Å². The number of amides is 1. The molecule has 0 saturated heterocycles. The largest absolute Gasteiger partial charge is 0.324 e. The maximum absolute atomic E-state index is 12.3. The van der Waals surface area contributed by atoms with Crippen LogP contribution in [0.25, 0.3) is 28.6 Å². The molecule has 216 valence electrons. The van der Waals surface area contributed by atoms with Gasteiger partial charge >= 0.3 is 0 Å². The number of hydrogen-bond acceptors (Lipinski definition) is 7. The van der Waals surface area contributed by atoms with Gasteiger partial charge in [-0.1, -0.05) is 74.8 Å². The Labute approximate surface area is 245 Å². The Kier molecular flexibility index (Phi) is 10.1. The molecule has 0 unspecified atom stereocenters. The van der Waals surface area contributed by atoms with Crippen LogP contribution in [0.15, 0.2) is 48.5 Å². The van der Waals surface area contributed by atoms with E-state index < -0.39 is 15.9 Å². The normalized spacial score (nSPS) is 11.8. The Morgan fingerprint density at radius 3 is 2.54 bits per heavy atom.